The molecule has 0 radical (unpaired) electrons. The van der Waals surface area contributed by atoms with E-state index in [-0.39, 0.29) is 23.7 Å². The summed E-state index contributed by atoms with van der Waals surface area (Å²) in [5.74, 6) is 0.610. The summed E-state index contributed by atoms with van der Waals surface area (Å²) in [5.41, 5.74) is 11.3. The zero-order valence-corrected chi connectivity index (χ0v) is 24.7. The molecule has 2 aromatic carbocycles. The predicted octanol–water partition coefficient (Wildman–Crippen LogP) is 3.78. The van der Waals surface area contributed by atoms with E-state index in [0.29, 0.717) is 42.5 Å². The Bertz CT molecular complexity index is 1850. The Labute approximate surface area is 254 Å². The molecule has 5 aromatic rings. The fraction of sp³-hybridized carbons (Fsp3) is 0.250. The van der Waals surface area contributed by atoms with Gasteiger partial charge in [-0.25, -0.2) is 15.0 Å². The van der Waals surface area contributed by atoms with E-state index in [1.807, 2.05) is 87.9 Å². The molecule has 6 rings (SSSR count). The molecule has 0 spiro atoms. The minimum Gasteiger partial charge on any atom is -0.382 e. The van der Waals surface area contributed by atoms with Gasteiger partial charge in [-0.05, 0) is 63.3 Å². The van der Waals surface area contributed by atoms with Crippen LogP contribution in [-0.2, 0) is 9.59 Å². The molecule has 0 saturated carbocycles. The number of hydrogen-bond donors (Lipinski definition) is 2. The lowest BCUT2D eigenvalue weighted by Gasteiger charge is -2.32. The standard InChI is InChI=1S/C32H34N10O2/c1-4-28(43)36-22-8-7-9-24(16-22)42-27-11-6-5-10-25(27)38-32(42)30-31(33)34-18-26(37-30)21-17-35-41(19-21)23-12-14-40(15-13-23)29(44)20-39(2)3/h4-11,16-19,23H,1,12-15,20H2,2-3H3,(H2,33,34)(H,36,43). The fourth-order valence-corrected chi connectivity index (χ4v) is 5.48. The first-order valence-corrected chi connectivity index (χ1v) is 14.4. The van der Waals surface area contributed by atoms with Crippen molar-refractivity contribution >= 4 is 34.4 Å². The van der Waals surface area contributed by atoms with E-state index >= 15 is 0 Å². The highest BCUT2D eigenvalue weighted by Gasteiger charge is 2.25. The third-order valence-electron chi connectivity index (χ3n) is 7.67. The second-order valence-corrected chi connectivity index (χ2v) is 11.1. The van der Waals surface area contributed by atoms with Crippen molar-refractivity contribution in [3.05, 3.63) is 79.8 Å². The van der Waals surface area contributed by atoms with E-state index in [1.54, 1.807) is 12.4 Å². The van der Waals surface area contributed by atoms with Crippen molar-refractivity contribution in [2.75, 3.05) is 44.8 Å². The summed E-state index contributed by atoms with van der Waals surface area (Å²) in [6, 6.07) is 15.4. The molecule has 3 aromatic heterocycles. The van der Waals surface area contributed by atoms with E-state index in [4.69, 9.17) is 15.7 Å². The van der Waals surface area contributed by atoms with Gasteiger partial charge in [-0.15, -0.1) is 0 Å². The van der Waals surface area contributed by atoms with E-state index in [1.165, 1.54) is 6.08 Å². The number of para-hydroxylation sites is 2. The van der Waals surface area contributed by atoms with Crippen LogP contribution in [0, 0.1) is 0 Å². The molecule has 4 heterocycles. The number of nitrogens with two attached hydrogens (primary N) is 1. The molecule has 44 heavy (non-hydrogen) atoms. The second kappa shape index (κ2) is 12.1. The van der Waals surface area contributed by atoms with E-state index < -0.39 is 0 Å². The summed E-state index contributed by atoms with van der Waals surface area (Å²) >= 11 is 0. The summed E-state index contributed by atoms with van der Waals surface area (Å²) in [5, 5.41) is 7.46. The van der Waals surface area contributed by atoms with E-state index in [9.17, 15) is 9.59 Å². The van der Waals surface area contributed by atoms with Gasteiger partial charge in [-0.3, -0.25) is 18.8 Å². The van der Waals surface area contributed by atoms with Gasteiger partial charge in [0, 0.05) is 36.2 Å². The van der Waals surface area contributed by atoms with Crippen molar-refractivity contribution in [1.82, 2.24) is 39.1 Å². The van der Waals surface area contributed by atoms with Crippen LogP contribution in [-0.4, -0.2) is 84.6 Å². The van der Waals surface area contributed by atoms with Gasteiger partial charge in [-0.1, -0.05) is 24.8 Å². The van der Waals surface area contributed by atoms with Crippen molar-refractivity contribution in [1.29, 1.82) is 0 Å². The lowest BCUT2D eigenvalue weighted by Crippen LogP contribution is -2.43. The zero-order chi connectivity index (χ0) is 30.8. The van der Waals surface area contributed by atoms with Crippen LogP contribution < -0.4 is 11.1 Å². The average molecular weight is 591 g/mol. The Morgan fingerprint density at radius 3 is 2.66 bits per heavy atom. The first kappa shape index (κ1) is 28.7. The molecule has 1 saturated heterocycles. The Morgan fingerprint density at radius 1 is 1.09 bits per heavy atom. The quantitative estimate of drug-likeness (QED) is 0.260. The molecule has 1 aliphatic heterocycles. The number of hydrogen-bond acceptors (Lipinski definition) is 8. The topological polar surface area (TPSA) is 140 Å². The van der Waals surface area contributed by atoms with Gasteiger partial charge in [-0.2, -0.15) is 5.10 Å². The number of benzene rings is 2. The van der Waals surface area contributed by atoms with Crippen molar-refractivity contribution < 1.29 is 9.59 Å². The number of piperidine rings is 1. The number of likely N-dealkylation sites (N-methyl/N-ethyl adjacent to an activating group) is 1. The molecule has 2 amide bonds. The van der Waals surface area contributed by atoms with Gasteiger partial charge in [0.1, 0.15) is 5.69 Å². The first-order chi connectivity index (χ1) is 21.3. The van der Waals surface area contributed by atoms with Crippen LogP contribution in [0.5, 0.6) is 0 Å². The van der Waals surface area contributed by atoms with Gasteiger partial charge >= 0.3 is 0 Å². The summed E-state index contributed by atoms with van der Waals surface area (Å²) in [6.45, 7) is 5.35. The van der Waals surface area contributed by atoms with Crippen LogP contribution in [0.2, 0.25) is 0 Å². The maximum atomic E-state index is 12.5. The number of nitrogens with one attached hydrogen (secondary N) is 1. The van der Waals surface area contributed by atoms with E-state index in [2.05, 4.69) is 22.0 Å². The summed E-state index contributed by atoms with van der Waals surface area (Å²) in [6.07, 6.45) is 8.28. The molecule has 0 unspecified atom stereocenters. The Morgan fingerprint density at radius 2 is 1.89 bits per heavy atom. The van der Waals surface area contributed by atoms with Gasteiger partial charge in [0.05, 0.1) is 41.7 Å². The van der Waals surface area contributed by atoms with Crippen molar-refractivity contribution in [3.63, 3.8) is 0 Å². The molecule has 0 aliphatic carbocycles. The van der Waals surface area contributed by atoms with Crippen molar-refractivity contribution in [2.24, 2.45) is 0 Å². The third kappa shape index (κ3) is 5.79. The van der Waals surface area contributed by atoms with Crippen LogP contribution >= 0.6 is 0 Å². The highest BCUT2D eigenvalue weighted by Crippen LogP contribution is 2.32. The molecule has 0 bridgehead atoms. The Balaban J connectivity index is 1.31. The number of nitrogens with zero attached hydrogens (tertiary/aromatic N) is 8. The number of likely N-dealkylation sites (tertiary alicyclic amines) is 1. The van der Waals surface area contributed by atoms with Gasteiger partial charge in [0.15, 0.2) is 11.6 Å². The molecule has 1 fully saturated rings. The summed E-state index contributed by atoms with van der Waals surface area (Å²) in [7, 11) is 3.81. The largest absolute Gasteiger partial charge is 0.382 e. The maximum absolute atomic E-state index is 12.5. The van der Waals surface area contributed by atoms with Crippen LogP contribution in [0.4, 0.5) is 11.5 Å². The number of aromatic nitrogens is 6. The molecule has 12 heteroatoms. The van der Waals surface area contributed by atoms with Crippen molar-refractivity contribution in [2.45, 2.75) is 18.9 Å². The number of amides is 2. The molecular formula is C32H34N10O2. The zero-order valence-electron chi connectivity index (χ0n) is 24.7. The number of rotatable bonds is 8. The number of imidazole rings is 1. The van der Waals surface area contributed by atoms with Gasteiger partial charge < -0.3 is 20.9 Å². The molecule has 3 N–H and O–H groups in total. The summed E-state index contributed by atoms with van der Waals surface area (Å²) < 4.78 is 3.91. The monoisotopic (exact) mass is 590 g/mol. The van der Waals surface area contributed by atoms with Crippen molar-refractivity contribution in [3.8, 4) is 28.5 Å². The maximum Gasteiger partial charge on any atom is 0.247 e. The lowest BCUT2D eigenvalue weighted by molar-refractivity contribution is -0.133. The van der Waals surface area contributed by atoms with Gasteiger partial charge in [0.2, 0.25) is 11.8 Å². The minimum atomic E-state index is -0.301. The highest BCUT2D eigenvalue weighted by atomic mass is 16.2. The fourth-order valence-electron chi connectivity index (χ4n) is 5.48. The molecule has 224 valence electrons. The SMILES string of the molecule is C=CC(=O)Nc1cccc(-n2c(-c3nc(-c4cnn(C5CCN(C(=O)CN(C)C)CC5)c4)cnc3N)nc3ccccc32)c1. The van der Waals surface area contributed by atoms with Crippen LogP contribution in [0.1, 0.15) is 18.9 Å². The molecule has 0 atom stereocenters. The minimum absolute atomic E-state index is 0.151. The number of fused-ring (bicyclic) bond motifs is 1. The molecule has 12 nitrogen and oxygen atoms in total. The lowest BCUT2D eigenvalue weighted by atomic mass is 10.1. The first-order valence-electron chi connectivity index (χ1n) is 14.4. The average Bonchev–Trinajstić information content (AvgIpc) is 3.67. The van der Waals surface area contributed by atoms with Crippen LogP contribution in [0.25, 0.3) is 39.5 Å². The normalized spacial score (nSPS) is 13.8. The number of nitrogen functional groups attached to an aromatic ring is 1. The predicted molar refractivity (Wildman–Crippen MR) is 170 cm³/mol. The third-order valence-corrected chi connectivity index (χ3v) is 7.67. The highest BCUT2D eigenvalue weighted by molar-refractivity contribution is 5.99. The van der Waals surface area contributed by atoms with Crippen LogP contribution in [0.3, 0.4) is 0 Å². The van der Waals surface area contributed by atoms with Crippen LogP contribution in [0.15, 0.2) is 79.8 Å². The Kier molecular flexibility index (Phi) is 7.90. The van der Waals surface area contributed by atoms with Gasteiger partial charge in [0.25, 0.3) is 0 Å². The number of carbonyl (C=O) groups excluding carboxylic acids is 2. The molecular weight excluding hydrogens is 556 g/mol. The number of carbonyl (C=O) groups is 2. The Hall–Kier alpha value is -5.36. The summed E-state index contributed by atoms with van der Waals surface area (Å²) in [4.78, 5) is 42.6. The molecule has 1 aliphatic rings. The number of anilines is 2. The smallest absolute Gasteiger partial charge is 0.247 e. The second-order valence-electron chi connectivity index (χ2n) is 11.1. The van der Waals surface area contributed by atoms with E-state index in [0.717, 1.165) is 35.1 Å².